The maximum absolute atomic E-state index is 12.3. The molecule has 0 unspecified atom stereocenters. The maximum Gasteiger partial charge on any atom is 0.167 e. The second kappa shape index (κ2) is 6.45. The SMILES string of the molecule is O=C(Cc1ccccc1)c1ccc(C2(O)CCCCC2)cc1. The molecule has 1 N–H and O–H groups in total. The fourth-order valence-corrected chi connectivity index (χ4v) is 3.28. The Morgan fingerprint density at radius 2 is 1.55 bits per heavy atom. The summed E-state index contributed by atoms with van der Waals surface area (Å²) in [5.41, 5.74) is 2.00. The van der Waals surface area contributed by atoms with E-state index in [0.29, 0.717) is 12.0 Å². The van der Waals surface area contributed by atoms with E-state index in [2.05, 4.69) is 0 Å². The van der Waals surface area contributed by atoms with E-state index in [0.717, 1.165) is 36.8 Å². The second-order valence-corrected chi connectivity index (χ2v) is 6.26. The predicted octanol–water partition coefficient (Wildman–Crippen LogP) is 4.26. The molecule has 2 aromatic carbocycles. The van der Waals surface area contributed by atoms with Crippen LogP contribution in [0, 0.1) is 0 Å². The third kappa shape index (κ3) is 3.28. The molecule has 0 spiro atoms. The van der Waals surface area contributed by atoms with Crippen LogP contribution < -0.4 is 0 Å². The third-order valence-corrected chi connectivity index (χ3v) is 4.63. The van der Waals surface area contributed by atoms with Crippen LogP contribution in [-0.4, -0.2) is 10.9 Å². The molecular weight excluding hydrogens is 272 g/mol. The molecule has 22 heavy (non-hydrogen) atoms. The average Bonchev–Trinajstić information content (AvgIpc) is 2.56. The minimum Gasteiger partial charge on any atom is -0.385 e. The van der Waals surface area contributed by atoms with Gasteiger partial charge in [0.1, 0.15) is 0 Å². The number of rotatable bonds is 4. The topological polar surface area (TPSA) is 37.3 Å². The van der Waals surface area contributed by atoms with Crippen LogP contribution in [0.4, 0.5) is 0 Å². The lowest BCUT2D eigenvalue weighted by atomic mass is 9.79. The van der Waals surface area contributed by atoms with Gasteiger partial charge < -0.3 is 5.11 Å². The highest BCUT2D eigenvalue weighted by atomic mass is 16.3. The zero-order chi connectivity index (χ0) is 15.4. The van der Waals surface area contributed by atoms with E-state index in [1.165, 1.54) is 6.42 Å². The van der Waals surface area contributed by atoms with Crippen molar-refractivity contribution >= 4 is 5.78 Å². The van der Waals surface area contributed by atoms with Crippen molar-refractivity contribution in [3.63, 3.8) is 0 Å². The van der Waals surface area contributed by atoms with E-state index in [9.17, 15) is 9.90 Å². The number of benzene rings is 2. The molecule has 0 radical (unpaired) electrons. The van der Waals surface area contributed by atoms with Crippen molar-refractivity contribution in [3.8, 4) is 0 Å². The smallest absolute Gasteiger partial charge is 0.167 e. The molecule has 2 aromatic rings. The first-order valence-electron chi connectivity index (χ1n) is 8.07. The van der Waals surface area contributed by atoms with Crippen LogP contribution in [0.3, 0.4) is 0 Å². The molecule has 1 aliphatic carbocycles. The Hall–Kier alpha value is -1.93. The molecule has 0 saturated heterocycles. The Bertz CT molecular complexity index is 623. The van der Waals surface area contributed by atoms with Crippen LogP contribution in [0.15, 0.2) is 54.6 Å². The van der Waals surface area contributed by atoms with Gasteiger partial charge in [-0.05, 0) is 24.0 Å². The lowest BCUT2D eigenvalue weighted by molar-refractivity contribution is -0.000647. The molecule has 0 amide bonds. The number of aliphatic hydroxyl groups is 1. The summed E-state index contributed by atoms with van der Waals surface area (Å²) in [4.78, 5) is 12.3. The van der Waals surface area contributed by atoms with Gasteiger partial charge >= 0.3 is 0 Å². The number of ketones is 1. The number of hydrogen-bond acceptors (Lipinski definition) is 2. The average molecular weight is 294 g/mol. The van der Waals surface area contributed by atoms with Crippen molar-refractivity contribution in [2.45, 2.75) is 44.1 Å². The van der Waals surface area contributed by atoms with E-state index in [4.69, 9.17) is 0 Å². The van der Waals surface area contributed by atoms with E-state index in [1.807, 2.05) is 54.6 Å². The molecule has 3 rings (SSSR count). The van der Waals surface area contributed by atoms with Crippen molar-refractivity contribution in [1.29, 1.82) is 0 Å². The maximum atomic E-state index is 12.3. The summed E-state index contributed by atoms with van der Waals surface area (Å²) in [6, 6.07) is 17.3. The summed E-state index contributed by atoms with van der Waals surface area (Å²) in [7, 11) is 0. The quantitative estimate of drug-likeness (QED) is 0.855. The summed E-state index contributed by atoms with van der Waals surface area (Å²) >= 11 is 0. The van der Waals surface area contributed by atoms with Gasteiger partial charge in [-0.1, -0.05) is 73.9 Å². The van der Waals surface area contributed by atoms with Crippen LogP contribution in [-0.2, 0) is 12.0 Å². The Morgan fingerprint density at radius 1 is 0.909 bits per heavy atom. The van der Waals surface area contributed by atoms with Crippen LogP contribution in [0.2, 0.25) is 0 Å². The fraction of sp³-hybridized carbons (Fsp3) is 0.350. The predicted molar refractivity (Wildman–Crippen MR) is 87.9 cm³/mol. The van der Waals surface area contributed by atoms with Crippen LogP contribution in [0.5, 0.6) is 0 Å². The van der Waals surface area contributed by atoms with Gasteiger partial charge in [0.2, 0.25) is 0 Å². The van der Waals surface area contributed by atoms with Gasteiger partial charge in [-0.25, -0.2) is 0 Å². The first kappa shape index (κ1) is 15.0. The van der Waals surface area contributed by atoms with Gasteiger partial charge in [0.05, 0.1) is 5.60 Å². The molecule has 2 heteroatoms. The van der Waals surface area contributed by atoms with Crippen molar-refractivity contribution in [3.05, 3.63) is 71.3 Å². The molecule has 2 nitrogen and oxygen atoms in total. The van der Waals surface area contributed by atoms with E-state index >= 15 is 0 Å². The molecule has 0 bridgehead atoms. The molecule has 0 atom stereocenters. The Balaban J connectivity index is 1.72. The van der Waals surface area contributed by atoms with Gasteiger partial charge in [-0.3, -0.25) is 4.79 Å². The van der Waals surface area contributed by atoms with Crippen molar-refractivity contribution in [1.82, 2.24) is 0 Å². The summed E-state index contributed by atoms with van der Waals surface area (Å²) in [5.74, 6) is 0.119. The van der Waals surface area contributed by atoms with Gasteiger partial charge in [-0.15, -0.1) is 0 Å². The molecular formula is C20H22O2. The van der Waals surface area contributed by atoms with Crippen LogP contribution in [0.25, 0.3) is 0 Å². The zero-order valence-corrected chi connectivity index (χ0v) is 12.8. The Labute approximate surface area is 131 Å². The van der Waals surface area contributed by atoms with Gasteiger partial charge in [-0.2, -0.15) is 0 Å². The first-order chi connectivity index (χ1) is 10.7. The van der Waals surface area contributed by atoms with E-state index < -0.39 is 5.60 Å². The van der Waals surface area contributed by atoms with Gasteiger partial charge in [0.25, 0.3) is 0 Å². The number of carbonyl (C=O) groups is 1. The highest BCUT2D eigenvalue weighted by molar-refractivity contribution is 5.97. The van der Waals surface area contributed by atoms with Gasteiger partial charge in [0, 0.05) is 12.0 Å². The molecule has 1 aliphatic rings. The zero-order valence-electron chi connectivity index (χ0n) is 12.8. The van der Waals surface area contributed by atoms with Crippen LogP contribution >= 0.6 is 0 Å². The Morgan fingerprint density at radius 3 is 2.18 bits per heavy atom. The van der Waals surface area contributed by atoms with Crippen molar-refractivity contribution in [2.24, 2.45) is 0 Å². The minimum atomic E-state index is -0.695. The summed E-state index contributed by atoms with van der Waals surface area (Å²) < 4.78 is 0. The third-order valence-electron chi connectivity index (χ3n) is 4.63. The van der Waals surface area contributed by atoms with Crippen LogP contribution in [0.1, 0.15) is 53.6 Å². The summed E-state index contributed by atoms with van der Waals surface area (Å²) in [6.07, 6.45) is 5.42. The number of carbonyl (C=O) groups excluding carboxylic acids is 1. The Kier molecular flexibility index (Phi) is 4.39. The minimum absolute atomic E-state index is 0.119. The first-order valence-corrected chi connectivity index (χ1v) is 8.07. The largest absolute Gasteiger partial charge is 0.385 e. The summed E-state index contributed by atoms with van der Waals surface area (Å²) in [5, 5.41) is 10.7. The monoisotopic (exact) mass is 294 g/mol. The lowest BCUT2D eigenvalue weighted by Crippen LogP contribution is -2.28. The number of Topliss-reactive ketones (excluding diaryl/α,β-unsaturated/α-hetero) is 1. The molecule has 1 saturated carbocycles. The normalized spacial score (nSPS) is 17.1. The standard InChI is InChI=1S/C20H22O2/c21-19(15-16-7-3-1-4-8-16)17-9-11-18(12-10-17)20(22)13-5-2-6-14-20/h1,3-4,7-12,22H,2,5-6,13-15H2. The molecule has 0 aromatic heterocycles. The summed E-state index contributed by atoms with van der Waals surface area (Å²) in [6.45, 7) is 0. The molecule has 1 fully saturated rings. The van der Waals surface area contributed by atoms with E-state index in [-0.39, 0.29) is 5.78 Å². The fourth-order valence-electron chi connectivity index (χ4n) is 3.28. The van der Waals surface area contributed by atoms with Crippen molar-refractivity contribution < 1.29 is 9.90 Å². The van der Waals surface area contributed by atoms with E-state index in [1.54, 1.807) is 0 Å². The number of hydrogen-bond donors (Lipinski definition) is 1. The second-order valence-electron chi connectivity index (χ2n) is 6.26. The molecule has 0 heterocycles. The molecule has 114 valence electrons. The molecule has 0 aliphatic heterocycles. The van der Waals surface area contributed by atoms with Gasteiger partial charge in [0.15, 0.2) is 5.78 Å². The van der Waals surface area contributed by atoms with Crippen molar-refractivity contribution in [2.75, 3.05) is 0 Å². The highest BCUT2D eigenvalue weighted by Gasteiger charge is 2.30. The highest BCUT2D eigenvalue weighted by Crippen LogP contribution is 2.36. The lowest BCUT2D eigenvalue weighted by Gasteiger charge is -2.32.